The molecule has 1 fully saturated rings. The number of carboxylic acids is 1. The lowest BCUT2D eigenvalue weighted by Crippen LogP contribution is -2.39. The van der Waals surface area contributed by atoms with Gasteiger partial charge in [0.1, 0.15) is 17.3 Å². The monoisotopic (exact) mass is 405 g/mol. The molecule has 0 aliphatic carbocycles. The molecule has 0 saturated carbocycles. The number of carboxylic acid groups (broad SMARTS) is 1. The Morgan fingerprint density at radius 3 is 2.80 bits per heavy atom. The van der Waals surface area contributed by atoms with Crippen LogP contribution in [0.2, 0.25) is 0 Å². The first-order chi connectivity index (χ1) is 14.6. The molecule has 7 nitrogen and oxygen atoms in total. The van der Waals surface area contributed by atoms with Crippen LogP contribution in [0.15, 0.2) is 53.1 Å². The second-order valence-electron chi connectivity index (χ2n) is 7.73. The van der Waals surface area contributed by atoms with Crippen molar-refractivity contribution in [3.8, 4) is 5.75 Å². The molecule has 1 aliphatic rings. The maximum Gasteiger partial charge on any atom is 0.325 e. The van der Waals surface area contributed by atoms with Crippen molar-refractivity contribution in [2.75, 3.05) is 20.2 Å². The number of aromatic nitrogens is 2. The van der Waals surface area contributed by atoms with Gasteiger partial charge in [0.05, 0.1) is 7.11 Å². The summed E-state index contributed by atoms with van der Waals surface area (Å²) in [6, 6.07) is 12.7. The summed E-state index contributed by atoms with van der Waals surface area (Å²) in [5, 5.41) is 10.9. The number of H-pyrrole nitrogens is 1. The highest BCUT2D eigenvalue weighted by atomic mass is 16.5. The molecule has 4 aromatic rings. The van der Waals surface area contributed by atoms with Gasteiger partial charge in [-0.1, -0.05) is 12.1 Å². The number of aliphatic carboxylic acids is 1. The predicted molar refractivity (Wildman–Crippen MR) is 113 cm³/mol. The summed E-state index contributed by atoms with van der Waals surface area (Å²) < 4.78 is 11.3. The average Bonchev–Trinajstić information content (AvgIpc) is 3.38. The minimum Gasteiger partial charge on any atom is -0.497 e. The molecule has 7 heteroatoms. The zero-order valence-corrected chi connectivity index (χ0v) is 16.7. The second kappa shape index (κ2) is 7.50. The minimum atomic E-state index is -0.848. The molecule has 0 amide bonds. The van der Waals surface area contributed by atoms with Gasteiger partial charge >= 0.3 is 5.97 Å². The predicted octanol–water partition coefficient (Wildman–Crippen LogP) is 4.32. The Morgan fingerprint density at radius 2 is 2.07 bits per heavy atom. The van der Waals surface area contributed by atoms with Crippen LogP contribution in [0.25, 0.3) is 22.0 Å². The number of carbonyl (C=O) groups is 1. The van der Waals surface area contributed by atoms with Crippen molar-refractivity contribution in [1.82, 2.24) is 14.9 Å². The summed E-state index contributed by atoms with van der Waals surface area (Å²) in [5.41, 5.74) is 3.33. The molecule has 0 unspecified atom stereocenters. The van der Waals surface area contributed by atoms with E-state index in [-0.39, 0.29) is 5.92 Å². The van der Waals surface area contributed by atoms with Crippen LogP contribution in [0.5, 0.6) is 5.75 Å². The third kappa shape index (κ3) is 3.21. The SMILES string of the molecule is COc1ccc2[nH]cc([C@H](C(=O)O)N3CCC(c4nc5ccccc5o4)CC3)c2c1. The molecule has 5 rings (SSSR count). The highest BCUT2D eigenvalue weighted by molar-refractivity contribution is 5.90. The number of fused-ring (bicyclic) bond motifs is 2. The molecular formula is C23H23N3O4. The molecule has 154 valence electrons. The highest BCUT2D eigenvalue weighted by Crippen LogP contribution is 2.36. The number of piperidine rings is 1. The van der Waals surface area contributed by atoms with Crippen LogP contribution in [0.3, 0.4) is 0 Å². The van der Waals surface area contributed by atoms with Crippen molar-refractivity contribution in [3.05, 3.63) is 60.1 Å². The number of hydrogen-bond acceptors (Lipinski definition) is 5. The van der Waals surface area contributed by atoms with Crippen molar-refractivity contribution in [1.29, 1.82) is 0 Å². The first-order valence-corrected chi connectivity index (χ1v) is 10.1. The van der Waals surface area contributed by atoms with Gasteiger partial charge in [0.2, 0.25) is 0 Å². The third-order valence-electron chi connectivity index (χ3n) is 6.00. The van der Waals surface area contributed by atoms with E-state index in [1.807, 2.05) is 47.4 Å². The molecule has 1 atom stereocenters. The van der Waals surface area contributed by atoms with Crippen molar-refractivity contribution < 1.29 is 19.1 Å². The van der Waals surface area contributed by atoms with E-state index in [2.05, 4.69) is 9.97 Å². The highest BCUT2D eigenvalue weighted by Gasteiger charge is 2.34. The van der Waals surface area contributed by atoms with Gasteiger partial charge in [-0.25, -0.2) is 4.98 Å². The van der Waals surface area contributed by atoms with Crippen LogP contribution >= 0.6 is 0 Å². The number of para-hydroxylation sites is 2. The Hall–Kier alpha value is -3.32. The maximum atomic E-state index is 12.2. The number of likely N-dealkylation sites (tertiary alicyclic amines) is 1. The largest absolute Gasteiger partial charge is 0.497 e. The zero-order chi connectivity index (χ0) is 20.7. The van der Waals surface area contributed by atoms with Crippen molar-refractivity contribution in [2.45, 2.75) is 24.8 Å². The summed E-state index contributed by atoms with van der Waals surface area (Å²) in [5.74, 6) is 0.812. The van der Waals surface area contributed by atoms with Gasteiger partial charge < -0.3 is 19.2 Å². The van der Waals surface area contributed by atoms with Gasteiger partial charge in [0.15, 0.2) is 11.5 Å². The van der Waals surface area contributed by atoms with Crippen LogP contribution in [0, 0.1) is 0 Å². The molecule has 0 radical (unpaired) electrons. The topological polar surface area (TPSA) is 91.6 Å². The fourth-order valence-corrected chi connectivity index (χ4v) is 4.43. The number of aromatic amines is 1. The van der Waals surface area contributed by atoms with Crippen LogP contribution in [-0.4, -0.2) is 46.1 Å². The van der Waals surface area contributed by atoms with E-state index < -0.39 is 12.0 Å². The standard InChI is InChI=1S/C23H23N3O4/c1-29-15-6-7-18-16(12-15)17(13-24-18)21(23(27)28)26-10-8-14(9-11-26)22-25-19-4-2-3-5-20(19)30-22/h2-7,12-14,21,24H,8-11H2,1H3,(H,27,28)/t21-/m1/s1. The number of nitrogens with zero attached hydrogens (tertiary/aromatic N) is 2. The molecule has 1 aliphatic heterocycles. The Morgan fingerprint density at radius 1 is 1.27 bits per heavy atom. The van der Waals surface area contributed by atoms with E-state index in [0.717, 1.165) is 46.3 Å². The summed E-state index contributed by atoms with van der Waals surface area (Å²) >= 11 is 0. The van der Waals surface area contributed by atoms with Crippen molar-refractivity contribution >= 4 is 28.0 Å². The molecule has 0 spiro atoms. The zero-order valence-electron chi connectivity index (χ0n) is 16.7. The second-order valence-corrected chi connectivity index (χ2v) is 7.73. The summed E-state index contributed by atoms with van der Waals surface area (Å²) in [6.07, 6.45) is 3.42. The third-order valence-corrected chi connectivity index (χ3v) is 6.00. The number of hydrogen-bond donors (Lipinski definition) is 2. The number of nitrogens with one attached hydrogen (secondary N) is 1. The maximum absolute atomic E-state index is 12.2. The van der Waals surface area contributed by atoms with E-state index in [9.17, 15) is 9.90 Å². The summed E-state index contributed by atoms with van der Waals surface area (Å²) in [6.45, 7) is 1.33. The molecule has 30 heavy (non-hydrogen) atoms. The van der Waals surface area contributed by atoms with Gasteiger partial charge in [0, 0.05) is 41.7 Å². The van der Waals surface area contributed by atoms with Gasteiger partial charge in [-0.2, -0.15) is 0 Å². The molecule has 1 saturated heterocycles. The first-order valence-electron chi connectivity index (χ1n) is 10.1. The van der Waals surface area contributed by atoms with Crippen molar-refractivity contribution in [3.63, 3.8) is 0 Å². The Labute approximate surface area is 173 Å². The van der Waals surface area contributed by atoms with Gasteiger partial charge in [-0.3, -0.25) is 9.69 Å². The van der Waals surface area contributed by atoms with Crippen LogP contribution < -0.4 is 4.74 Å². The van der Waals surface area contributed by atoms with Gasteiger partial charge in [-0.15, -0.1) is 0 Å². The van der Waals surface area contributed by atoms with E-state index >= 15 is 0 Å². The average molecular weight is 405 g/mol. The van der Waals surface area contributed by atoms with E-state index in [4.69, 9.17) is 9.15 Å². The lowest BCUT2D eigenvalue weighted by molar-refractivity contribution is -0.144. The minimum absolute atomic E-state index is 0.200. The smallest absolute Gasteiger partial charge is 0.325 e. The van der Waals surface area contributed by atoms with E-state index in [1.165, 1.54) is 0 Å². The lowest BCUT2D eigenvalue weighted by atomic mass is 9.94. The fourth-order valence-electron chi connectivity index (χ4n) is 4.43. The number of benzene rings is 2. The van der Waals surface area contributed by atoms with E-state index in [0.29, 0.717) is 18.8 Å². The molecular weight excluding hydrogens is 382 g/mol. The molecule has 2 aromatic carbocycles. The molecule has 2 N–H and O–H groups in total. The Balaban J connectivity index is 1.38. The fraction of sp³-hybridized carbons (Fsp3) is 0.304. The summed E-state index contributed by atoms with van der Waals surface area (Å²) in [7, 11) is 1.61. The number of methoxy groups -OCH3 is 1. The quantitative estimate of drug-likeness (QED) is 0.514. The van der Waals surface area contributed by atoms with Crippen molar-refractivity contribution in [2.24, 2.45) is 0 Å². The normalized spacial score (nSPS) is 16.8. The van der Waals surface area contributed by atoms with Gasteiger partial charge in [0.25, 0.3) is 0 Å². The Bertz CT molecular complexity index is 1170. The van der Waals surface area contributed by atoms with Crippen LogP contribution in [0.1, 0.15) is 36.3 Å². The molecule has 0 bridgehead atoms. The summed E-state index contributed by atoms with van der Waals surface area (Å²) in [4.78, 5) is 22.1. The Kier molecular flexibility index (Phi) is 4.67. The van der Waals surface area contributed by atoms with Gasteiger partial charge in [-0.05, 0) is 43.2 Å². The van der Waals surface area contributed by atoms with Crippen LogP contribution in [0.4, 0.5) is 0 Å². The first kappa shape index (κ1) is 18.7. The molecule has 3 heterocycles. The number of oxazole rings is 1. The van der Waals surface area contributed by atoms with Crippen LogP contribution in [-0.2, 0) is 4.79 Å². The van der Waals surface area contributed by atoms with E-state index in [1.54, 1.807) is 13.3 Å². The molecule has 2 aromatic heterocycles. The lowest BCUT2D eigenvalue weighted by Gasteiger charge is -2.34. The number of rotatable bonds is 5. The number of ether oxygens (including phenoxy) is 1.